The molecule has 0 unspecified atom stereocenters. The van der Waals surface area contributed by atoms with E-state index in [4.69, 9.17) is 4.74 Å². The van der Waals surface area contributed by atoms with Gasteiger partial charge in [0.1, 0.15) is 0 Å². The van der Waals surface area contributed by atoms with Gasteiger partial charge in [0, 0.05) is 22.5 Å². The minimum Gasteiger partial charge on any atom is -0.381 e. The van der Waals surface area contributed by atoms with Gasteiger partial charge in [-0.05, 0) is 34.3 Å². The second kappa shape index (κ2) is 6.70. The first-order chi connectivity index (χ1) is 7.55. The molecule has 0 fully saturated rings. The molecule has 0 aromatic carbocycles. The molecule has 0 bridgehead atoms. The third kappa shape index (κ3) is 4.92. The molecule has 0 saturated heterocycles. The van der Waals surface area contributed by atoms with Crippen molar-refractivity contribution in [1.82, 2.24) is 4.72 Å². The standard InChI is InChI=1S/C9H14BrNO3S2/c1-2-14-4-6-16(12,13)11-7-9-8(10)3-5-15-9/h3,5,11H,2,4,6-7H2,1H3. The van der Waals surface area contributed by atoms with E-state index in [2.05, 4.69) is 20.7 Å². The summed E-state index contributed by atoms with van der Waals surface area (Å²) in [5, 5.41) is 1.91. The van der Waals surface area contributed by atoms with Gasteiger partial charge in [-0.15, -0.1) is 11.3 Å². The van der Waals surface area contributed by atoms with Crippen LogP contribution in [0.25, 0.3) is 0 Å². The highest BCUT2D eigenvalue weighted by Gasteiger charge is 2.11. The topological polar surface area (TPSA) is 55.4 Å². The summed E-state index contributed by atoms with van der Waals surface area (Å²) in [4.78, 5) is 0.972. The zero-order valence-corrected chi connectivity index (χ0v) is 12.1. The first-order valence-electron chi connectivity index (χ1n) is 4.82. The normalized spacial score (nSPS) is 11.9. The van der Waals surface area contributed by atoms with Crippen molar-refractivity contribution in [2.45, 2.75) is 13.5 Å². The Morgan fingerprint density at radius 1 is 1.56 bits per heavy atom. The number of ether oxygens (including phenoxy) is 1. The van der Waals surface area contributed by atoms with E-state index in [1.165, 1.54) is 11.3 Å². The Morgan fingerprint density at radius 3 is 2.88 bits per heavy atom. The first-order valence-corrected chi connectivity index (χ1v) is 8.14. The predicted molar refractivity (Wildman–Crippen MR) is 69.1 cm³/mol. The quantitative estimate of drug-likeness (QED) is 0.779. The maximum atomic E-state index is 11.5. The molecule has 0 aliphatic rings. The van der Waals surface area contributed by atoms with Gasteiger partial charge < -0.3 is 4.74 Å². The van der Waals surface area contributed by atoms with E-state index in [0.717, 1.165) is 9.35 Å². The van der Waals surface area contributed by atoms with Crippen LogP contribution in [0.4, 0.5) is 0 Å². The third-order valence-electron chi connectivity index (χ3n) is 1.84. The van der Waals surface area contributed by atoms with Crippen LogP contribution in [-0.4, -0.2) is 27.4 Å². The first kappa shape index (κ1) is 14.1. The Kier molecular flexibility index (Phi) is 5.91. The summed E-state index contributed by atoms with van der Waals surface area (Å²) >= 11 is 4.86. The van der Waals surface area contributed by atoms with Gasteiger partial charge in [0.15, 0.2) is 0 Å². The van der Waals surface area contributed by atoms with Gasteiger partial charge in [-0.25, -0.2) is 13.1 Å². The third-order valence-corrected chi connectivity index (χ3v) is 5.06. The minimum absolute atomic E-state index is 0.00380. The van der Waals surface area contributed by atoms with Crippen molar-refractivity contribution in [2.75, 3.05) is 19.0 Å². The molecule has 0 aliphatic heterocycles. The highest BCUT2D eigenvalue weighted by Crippen LogP contribution is 2.22. The minimum atomic E-state index is -3.24. The van der Waals surface area contributed by atoms with Gasteiger partial charge in [0.2, 0.25) is 10.0 Å². The molecular weight excluding hydrogens is 314 g/mol. The number of rotatable bonds is 7. The highest BCUT2D eigenvalue weighted by molar-refractivity contribution is 9.10. The summed E-state index contributed by atoms with van der Waals surface area (Å²) in [6, 6.07) is 1.90. The van der Waals surface area contributed by atoms with Crippen LogP contribution in [0.2, 0.25) is 0 Å². The van der Waals surface area contributed by atoms with Crippen LogP contribution in [0.1, 0.15) is 11.8 Å². The number of hydrogen-bond acceptors (Lipinski definition) is 4. The second-order valence-corrected chi connectivity index (χ2v) is 6.81. The number of sulfonamides is 1. The lowest BCUT2D eigenvalue weighted by atomic mass is 10.5. The van der Waals surface area contributed by atoms with Crippen LogP contribution >= 0.6 is 27.3 Å². The Labute approximate surface area is 108 Å². The lowest BCUT2D eigenvalue weighted by Crippen LogP contribution is -2.27. The lowest BCUT2D eigenvalue weighted by molar-refractivity contribution is 0.163. The molecule has 1 heterocycles. The van der Waals surface area contributed by atoms with Gasteiger partial charge in [0.25, 0.3) is 0 Å². The second-order valence-electron chi connectivity index (χ2n) is 3.03. The van der Waals surface area contributed by atoms with Crippen molar-refractivity contribution >= 4 is 37.3 Å². The van der Waals surface area contributed by atoms with E-state index in [9.17, 15) is 8.42 Å². The lowest BCUT2D eigenvalue weighted by Gasteiger charge is -2.05. The van der Waals surface area contributed by atoms with Gasteiger partial charge in [-0.3, -0.25) is 0 Å². The monoisotopic (exact) mass is 327 g/mol. The Morgan fingerprint density at radius 2 is 2.31 bits per heavy atom. The molecule has 1 aromatic heterocycles. The van der Waals surface area contributed by atoms with Crippen molar-refractivity contribution < 1.29 is 13.2 Å². The molecule has 0 radical (unpaired) electrons. The molecular formula is C9H14BrNO3S2. The number of nitrogens with one attached hydrogen (secondary N) is 1. The highest BCUT2D eigenvalue weighted by atomic mass is 79.9. The van der Waals surface area contributed by atoms with Crippen molar-refractivity contribution in [3.05, 3.63) is 20.8 Å². The molecule has 92 valence electrons. The van der Waals surface area contributed by atoms with Crippen molar-refractivity contribution in [3.8, 4) is 0 Å². The van der Waals surface area contributed by atoms with E-state index < -0.39 is 10.0 Å². The van der Waals surface area contributed by atoms with Crippen molar-refractivity contribution in [3.63, 3.8) is 0 Å². The largest absolute Gasteiger partial charge is 0.381 e. The predicted octanol–water partition coefficient (Wildman–Crippen LogP) is 1.97. The van der Waals surface area contributed by atoms with E-state index in [1.54, 1.807) is 0 Å². The van der Waals surface area contributed by atoms with Crippen molar-refractivity contribution in [1.29, 1.82) is 0 Å². The molecule has 4 nitrogen and oxygen atoms in total. The molecule has 16 heavy (non-hydrogen) atoms. The number of hydrogen-bond donors (Lipinski definition) is 1. The zero-order chi connectivity index (χ0) is 12.0. The molecule has 7 heteroatoms. The van der Waals surface area contributed by atoms with Gasteiger partial charge in [-0.2, -0.15) is 0 Å². The molecule has 0 atom stereocenters. The van der Waals surface area contributed by atoms with E-state index in [1.807, 2.05) is 18.4 Å². The van der Waals surface area contributed by atoms with Crippen molar-refractivity contribution in [2.24, 2.45) is 0 Å². The Balaban J connectivity index is 2.39. The summed E-state index contributed by atoms with van der Waals surface area (Å²) in [6.07, 6.45) is 0. The zero-order valence-electron chi connectivity index (χ0n) is 8.90. The van der Waals surface area contributed by atoms with E-state index in [0.29, 0.717) is 13.2 Å². The smallest absolute Gasteiger partial charge is 0.214 e. The van der Waals surface area contributed by atoms with Crippen LogP contribution in [0.3, 0.4) is 0 Å². The summed E-state index contributed by atoms with van der Waals surface area (Å²) in [5.74, 6) is 0.00380. The molecule has 0 aliphatic carbocycles. The maximum Gasteiger partial charge on any atom is 0.214 e. The fourth-order valence-corrected chi connectivity index (χ4v) is 3.38. The summed E-state index contributed by atoms with van der Waals surface area (Å²) in [6.45, 7) is 2.93. The SMILES string of the molecule is CCOCCS(=O)(=O)NCc1sccc1Br. The fraction of sp³-hybridized carbons (Fsp3) is 0.556. The number of halogens is 1. The van der Waals surface area contributed by atoms with Gasteiger partial charge in [0.05, 0.1) is 12.4 Å². The fourth-order valence-electron chi connectivity index (χ4n) is 1.01. The number of thiophene rings is 1. The van der Waals surface area contributed by atoms with E-state index in [-0.39, 0.29) is 12.4 Å². The molecule has 0 amide bonds. The van der Waals surface area contributed by atoms with Crippen LogP contribution in [0.5, 0.6) is 0 Å². The average Bonchev–Trinajstić information content (AvgIpc) is 2.62. The molecule has 1 rings (SSSR count). The van der Waals surface area contributed by atoms with Crippen LogP contribution in [0, 0.1) is 0 Å². The molecule has 0 spiro atoms. The maximum absolute atomic E-state index is 11.5. The summed E-state index contributed by atoms with van der Waals surface area (Å²) in [5.41, 5.74) is 0. The van der Waals surface area contributed by atoms with Crippen LogP contribution < -0.4 is 4.72 Å². The summed E-state index contributed by atoms with van der Waals surface area (Å²) < 4.78 is 31.5. The van der Waals surface area contributed by atoms with E-state index >= 15 is 0 Å². The molecule has 1 aromatic rings. The molecule has 1 N–H and O–H groups in total. The Bertz CT molecular complexity index is 416. The van der Waals surface area contributed by atoms with Gasteiger partial charge in [-0.1, -0.05) is 0 Å². The average molecular weight is 328 g/mol. The van der Waals surface area contributed by atoms with Crippen LogP contribution in [-0.2, 0) is 21.3 Å². The van der Waals surface area contributed by atoms with Gasteiger partial charge >= 0.3 is 0 Å². The van der Waals surface area contributed by atoms with Crippen LogP contribution in [0.15, 0.2) is 15.9 Å². The Hall–Kier alpha value is 0.0500. The molecule has 0 saturated carbocycles. The summed E-state index contributed by atoms with van der Waals surface area (Å²) in [7, 11) is -3.24.